The summed E-state index contributed by atoms with van der Waals surface area (Å²) in [6.07, 6.45) is 9.46. The molecule has 22 aromatic rings. The van der Waals surface area contributed by atoms with Crippen LogP contribution in [-0.4, -0.2) is 24.9 Å². The van der Waals surface area contributed by atoms with Gasteiger partial charge in [-0.1, -0.05) is 297 Å². The van der Waals surface area contributed by atoms with Gasteiger partial charge in [-0.05, 0) is 213 Å². The number of rotatable bonds is 5. The average Bonchev–Trinajstić information content (AvgIpc) is 0.761. The maximum Gasteiger partial charge on any atom is 0.235 e. The van der Waals surface area contributed by atoms with Gasteiger partial charge in [0, 0.05) is 132 Å². The van der Waals surface area contributed by atoms with Gasteiger partial charge < -0.3 is 24.9 Å². The molecule has 0 aliphatic rings. The van der Waals surface area contributed by atoms with Crippen molar-refractivity contribution >= 4 is 135 Å². The smallest absolute Gasteiger partial charge is 0.235 e. The molecule has 129 heavy (non-hydrogen) atoms. The summed E-state index contributed by atoms with van der Waals surface area (Å²) in [5, 5.41) is 29.5. The molecule has 22 rings (SSSR count). The monoisotopic (exact) mass is 2560 g/mol. The molecule has 0 unspecified atom stereocenters. The Kier molecular flexibility index (Phi) is 29.9. The Morgan fingerprint density at radius 2 is 0.566 bits per heavy atom. The second-order valence-electron chi connectivity index (χ2n) is 35.1. The molecule has 5 heterocycles. The Hall–Kier alpha value is -11.7. The summed E-state index contributed by atoms with van der Waals surface area (Å²) in [7, 11) is 0. The third kappa shape index (κ3) is 20.1. The van der Waals surface area contributed by atoms with E-state index in [-0.39, 0.29) is 117 Å². The Bertz CT molecular complexity index is 7910. The topological polar surface area (TPSA) is 68.8 Å². The molecule has 0 saturated carbocycles. The average molecular weight is 2550 g/mol. The molecular weight excluding hydrogens is 2460 g/mol. The summed E-state index contributed by atoms with van der Waals surface area (Å²) in [5.41, 5.74) is 17.6. The van der Waals surface area contributed by atoms with Gasteiger partial charge in [-0.2, -0.15) is 4.85 Å². The number of aromatic nitrogens is 5. The van der Waals surface area contributed by atoms with Gasteiger partial charge in [0.2, 0.25) is 5.69 Å². The minimum absolute atomic E-state index is 0. The van der Waals surface area contributed by atoms with Crippen LogP contribution in [0.15, 0.2) is 353 Å². The van der Waals surface area contributed by atoms with Gasteiger partial charge >= 0.3 is 0 Å². The molecule has 0 N–H and O–H groups in total. The van der Waals surface area contributed by atoms with Crippen molar-refractivity contribution in [3.05, 3.63) is 422 Å². The molecule has 5 radical (unpaired) electrons. The summed E-state index contributed by atoms with van der Waals surface area (Å²) < 4.78 is 0. The summed E-state index contributed by atoms with van der Waals surface area (Å²) in [4.78, 5) is 26.6. The van der Waals surface area contributed by atoms with E-state index in [2.05, 4.69) is 392 Å². The molecule has 11 heteroatoms. The van der Waals surface area contributed by atoms with E-state index in [9.17, 15) is 0 Å². The molecule has 6 nitrogen and oxygen atoms in total. The number of fused-ring (bicyclic) bond motifs is 17. The molecule has 0 saturated heterocycles. The predicted octanol–water partition coefficient (Wildman–Crippen LogP) is 31.6. The molecule has 643 valence electrons. The van der Waals surface area contributed by atoms with Crippen LogP contribution in [0.25, 0.3) is 190 Å². The standard InChI is InChI=1S/C27H22N.C23H14N.2C23H20N.C22H15N2.5Ir/c1-27(2,3)22-12-10-19-16-21(9-8-20(19)17-22)26-25-13-11-18-6-4-5-7-23(18)24(25)14-15-28-26;1-2-7-18-15-19(10-9-16(18)5-1)23-22-12-11-17-6-3-4-8-20(17)21(22)13-14-24-23;1-23(2,3)18-11-9-16-10-12-20-19(21(16)15-18)13-14-24-22(20)17-7-5-4-6-8-17;1-23(2,3)18-10-12-19-17(15-18)9-11-21-20(19)13-14-24-22(21)16-7-5-4-6-8-16;1-14-12-15(2)18-8-9-20-19(21(18)13-14)10-11-24-22(20)16-4-6-17(23-3)7-5-16;;;;;/h4-8,10-17H,1-3H3;1-9,11-15H;2*4-7,9-15H,1-3H3;4,6-13H,1-2H3;;;;;/q5*-1;;;;;. The number of hydrogen-bond acceptors (Lipinski definition) is 5. The van der Waals surface area contributed by atoms with Crippen LogP contribution < -0.4 is 0 Å². The summed E-state index contributed by atoms with van der Waals surface area (Å²) in [5.74, 6) is 0. The maximum absolute atomic E-state index is 7.07. The second-order valence-corrected chi connectivity index (χ2v) is 35.1. The first-order valence-electron chi connectivity index (χ1n) is 42.3. The van der Waals surface area contributed by atoms with Crippen molar-refractivity contribution in [2.75, 3.05) is 0 Å². The van der Waals surface area contributed by atoms with Gasteiger partial charge in [0.25, 0.3) is 0 Å². The molecule has 0 amide bonds. The summed E-state index contributed by atoms with van der Waals surface area (Å²) >= 11 is 0. The van der Waals surface area contributed by atoms with Crippen molar-refractivity contribution in [2.45, 2.75) is 92.4 Å². The van der Waals surface area contributed by atoms with Gasteiger partial charge in [0.1, 0.15) is 6.57 Å². The van der Waals surface area contributed by atoms with E-state index in [1.54, 1.807) is 6.07 Å². The predicted molar refractivity (Wildman–Crippen MR) is 524 cm³/mol. The van der Waals surface area contributed by atoms with Crippen LogP contribution in [-0.2, 0) is 117 Å². The number of nitrogens with zero attached hydrogens (tertiary/aromatic N) is 6. The van der Waals surface area contributed by atoms with Crippen molar-refractivity contribution in [1.29, 1.82) is 0 Å². The van der Waals surface area contributed by atoms with Gasteiger partial charge in [-0.3, -0.25) is 0 Å². The first kappa shape index (κ1) is 94.9. The van der Waals surface area contributed by atoms with Crippen molar-refractivity contribution in [3.8, 4) is 56.3 Å². The molecular formula is C118H91Ir5N6-5. The van der Waals surface area contributed by atoms with Crippen LogP contribution in [0.3, 0.4) is 0 Å². The molecule has 0 bridgehead atoms. The summed E-state index contributed by atoms with van der Waals surface area (Å²) in [6, 6.07) is 129. The normalized spacial score (nSPS) is 11.2. The first-order chi connectivity index (χ1) is 60.1. The number of pyridine rings is 5. The Labute approximate surface area is 823 Å². The van der Waals surface area contributed by atoms with Crippen LogP contribution in [0, 0.1) is 50.8 Å². The SMILES string of the molecule is CC(C)(C)c1ccc2c(ccc3c(-c4[c-]cccc4)nccc32)c1.CC(C)(C)c1ccc2cc(-c3nccc4c3ccc3ccccc34)[c-]cc2c1.CC(C)(C)c1ccc2ccc3c(-c4[c-]cccc4)nccc3c2c1.[C-]#[N+]c1c[c-]c(-c2nccc3c2ccc2c(C)cc(C)cc23)cc1.[Ir].[Ir].[Ir].[Ir].[Ir].[c-]1cc2ccccc2cc1-c1nccc2c1ccc1ccccc12. The Morgan fingerprint density at radius 1 is 0.233 bits per heavy atom. The van der Waals surface area contributed by atoms with Crippen molar-refractivity contribution in [3.63, 3.8) is 0 Å². The van der Waals surface area contributed by atoms with E-state index in [1.165, 1.54) is 152 Å². The van der Waals surface area contributed by atoms with Gasteiger partial charge in [-0.15, -0.1) is 148 Å². The number of aryl methyl sites for hydroxylation is 2. The largest absolute Gasteiger partial charge is 0.304 e. The maximum atomic E-state index is 7.07. The van der Waals surface area contributed by atoms with Crippen molar-refractivity contribution in [1.82, 2.24) is 24.9 Å². The van der Waals surface area contributed by atoms with Gasteiger partial charge in [0.05, 0.1) is 0 Å². The molecule has 17 aromatic carbocycles. The molecule has 0 spiro atoms. The first-order valence-corrected chi connectivity index (χ1v) is 42.3. The zero-order chi connectivity index (χ0) is 85.4. The second kappa shape index (κ2) is 40.6. The number of hydrogen-bond donors (Lipinski definition) is 0. The molecule has 0 aliphatic heterocycles. The van der Waals surface area contributed by atoms with E-state index in [0.29, 0.717) is 5.69 Å². The molecule has 0 atom stereocenters. The van der Waals surface area contributed by atoms with Crippen LogP contribution in [0.5, 0.6) is 0 Å². The molecule has 0 aliphatic carbocycles. The van der Waals surface area contributed by atoms with Crippen LogP contribution in [0.4, 0.5) is 5.69 Å². The number of benzene rings is 17. The Balaban J connectivity index is 0.000000136. The minimum Gasteiger partial charge on any atom is -0.304 e. The zero-order valence-electron chi connectivity index (χ0n) is 73.3. The van der Waals surface area contributed by atoms with Crippen LogP contribution in [0.2, 0.25) is 0 Å². The van der Waals surface area contributed by atoms with E-state index in [4.69, 9.17) is 11.6 Å². The van der Waals surface area contributed by atoms with E-state index in [0.717, 1.165) is 61.7 Å². The molecule has 0 fully saturated rings. The fourth-order valence-electron chi connectivity index (χ4n) is 17.1. The van der Waals surface area contributed by atoms with E-state index < -0.39 is 0 Å². The van der Waals surface area contributed by atoms with Crippen LogP contribution in [0.1, 0.15) is 90.1 Å². The van der Waals surface area contributed by atoms with Gasteiger partial charge in [-0.25, -0.2) is 0 Å². The third-order valence-corrected chi connectivity index (χ3v) is 23.8. The Morgan fingerprint density at radius 3 is 1.02 bits per heavy atom. The third-order valence-electron chi connectivity index (χ3n) is 23.8. The fourth-order valence-corrected chi connectivity index (χ4v) is 17.1. The fraction of sp³-hybridized carbons (Fsp3) is 0.119. The quantitative estimate of drug-likeness (QED) is 0.127. The van der Waals surface area contributed by atoms with Crippen molar-refractivity contribution in [2.24, 2.45) is 0 Å². The van der Waals surface area contributed by atoms with E-state index in [1.807, 2.05) is 85.6 Å². The van der Waals surface area contributed by atoms with Crippen LogP contribution >= 0.6 is 0 Å². The minimum atomic E-state index is 0. The summed E-state index contributed by atoms with van der Waals surface area (Å²) in [6.45, 7) is 31.6. The van der Waals surface area contributed by atoms with Crippen molar-refractivity contribution < 1.29 is 101 Å². The van der Waals surface area contributed by atoms with E-state index >= 15 is 0 Å². The van der Waals surface area contributed by atoms with Gasteiger partial charge in [0.15, 0.2) is 0 Å². The zero-order valence-corrected chi connectivity index (χ0v) is 85.3. The molecule has 5 aromatic heterocycles.